The van der Waals surface area contributed by atoms with Crippen molar-refractivity contribution in [2.45, 2.75) is 0 Å². The fourth-order valence-electron chi connectivity index (χ4n) is 2.13. The van der Waals surface area contributed by atoms with E-state index in [0.717, 1.165) is 27.7 Å². The molecule has 7 heteroatoms. The second-order valence-corrected chi connectivity index (χ2v) is 5.63. The topological polar surface area (TPSA) is 73.5 Å². The Bertz CT molecular complexity index is 720. The van der Waals surface area contributed by atoms with Crippen LogP contribution in [0, 0.1) is 0 Å². The number of hydrazine groups is 1. The van der Waals surface area contributed by atoms with Crippen molar-refractivity contribution in [3.05, 3.63) is 42.5 Å². The molecular weight excluding hydrogens is 300 g/mol. The van der Waals surface area contributed by atoms with Crippen LogP contribution in [0.3, 0.4) is 0 Å². The Morgan fingerprint density at radius 1 is 1.14 bits per heavy atom. The molecule has 2 N–H and O–H groups in total. The zero-order valence-electron chi connectivity index (χ0n) is 12.3. The van der Waals surface area contributed by atoms with E-state index in [1.54, 1.807) is 43.4 Å². The highest BCUT2D eigenvalue weighted by molar-refractivity contribution is 8.08. The number of thioether (sulfide) groups is 1. The van der Waals surface area contributed by atoms with Crippen LogP contribution < -0.4 is 15.3 Å². The van der Waals surface area contributed by atoms with Crippen LogP contribution in [0.4, 0.5) is 0 Å². The highest BCUT2D eigenvalue weighted by Gasteiger charge is 2.15. The molecule has 1 aromatic carbocycles. The third-order valence-electron chi connectivity index (χ3n) is 3.22. The van der Waals surface area contributed by atoms with Crippen molar-refractivity contribution < 1.29 is 9.47 Å². The summed E-state index contributed by atoms with van der Waals surface area (Å²) in [6.07, 6.45) is 5.33. The SMILES string of the molecule is COc1ccc(-c2cncc(C3=CN(N)CS3)n2)cc1OC. The van der Waals surface area contributed by atoms with Gasteiger partial charge in [0, 0.05) is 11.8 Å². The number of hydrogen-bond acceptors (Lipinski definition) is 7. The molecule has 0 atom stereocenters. The quantitative estimate of drug-likeness (QED) is 0.868. The molecule has 0 fully saturated rings. The Balaban J connectivity index is 1.97. The fraction of sp³-hybridized carbons (Fsp3) is 0.200. The maximum atomic E-state index is 5.74. The largest absolute Gasteiger partial charge is 0.493 e. The highest BCUT2D eigenvalue weighted by atomic mass is 32.2. The Kier molecular flexibility index (Phi) is 4.17. The summed E-state index contributed by atoms with van der Waals surface area (Å²) in [5, 5.41) is 1.63. The molecule has 0 aliphatic carbocycles. The molecule has 22 heavy (non-hydrogen) atoms. The van der Waals surface area contributed by atoms with Gasteiger partial charge >= 0.3 is 0 Å². The van der Waals surface area contributed by atoms with Gasteiger partial charge in [0.25, 0.3) is 0 Å². The van der Waals surface area contributed by atoms with E-state index in [-0.39, 0.29) is 0 Å². The van der Waals surface area contributed by atoms with E-state index >= 15 is 0 Å². The van der Waals surface area contributed by atoms with E-state index in [9.17, 15) is 0 Å². The van der Waals surface area contributed by atoms with Crippen LogP contribution in [0.1, 0.15) is 5.69 Å². The number of hydrogen-bond donors (Lipinski definition) is 1. The van der Waals surface area contributed by atoms with Crippen molar-refractivity contribution in [3.8, 4) is 22.8 Å². The van der Waals surface area contributed by atoms with Crippen molar-refractivity contribution in [1.82, 2.24) is 15.0 Å². The minimum absolute atomic E-state index is 0.662. The van der Waals surface area contributed by atoms with E-state index in [4.69, 9.17) is 15.3 Å². The Labute approximate surface area is 132 Å². The summed E-state index contributed by atoms with van der Waals surface area (Å²) in [6, 6.07) is 5.67. The van der Waals surface area contributed by atoms with Crippen molar-refractivity contribution in [3.63, 3.8) is 0 Å². The van der Waals surface area contributed by atoms with Crippen molar-refractivity contribution in [2.75, 3.05) is 20.1 Å². The summed E-state index contributed by atoms with van der Waals surface area (Å²) in [6.45, 7) is 0. The van der Waals surface area contributed by atoms with Gasteiger partial charge < -0.3 is 14.5 Å². The minimum Gasteiger partial charge on any atom is -0.493 e. The molecule has 0 spiro atoms. The molecule has 0 amide bonds. The summed E-state index contributed by atoms with van der Waals surface area (Å²) < 4.78 is 10.6. The first-order chi connectivity index (χ1) is 10.7. The maximum Gasteiger partial charge on any atom is 0.161 e. The van der Waals surface area contributed by atoms with Crippen molar-refractivity contribution in [2.24, 2.45) is 5.84 Å². The van der Waals surface area contributed by atoms with Crippen LogP contribution in [0.5, 0.6) is 11.5 Å². The maximum absolute atomic E-state index is 5.74. The highest BCUT2D eigenvalue weighted by Crippen LogP contribution is 2.34. The summed E-state index contributed by atoms with van der Waals surface area (Å²) in [7, 11) is 3.22. The molecule has 2 heterocycles. The summed E-state index contributed by atoms with van der Waals surface area (Å²) >= 11 is 1.64. The number of benzene rings is 1. The standard InChI is InChI=1S/C15H16N4O2S/c1-20-13-4-3-10(5-14(13)21-2)11-6-17-7-12(18-11)15-8-19(16)9-22-15/h3-8H,9,16H2,1-2H3. The molecule has 1 aromatic heterocycles. The van der Waals surface area contributed by atoms with E-state index in [2.05, 4.69) is 9.97 Å². The van der Waals surface area contributed by atoms with Gasteiger partial charge in [0.1, 0.15) is 0 Å². The molecule has 0 saturated carbocycles. The van der Waals surface area contributed by atoms with Crippen LogP contribution in [-0.4, -0.2) is 35.1 Å². The van der Waals surface area contributed by atoms with E-state index in [1.165, 1.54) is 0 Å². The van der Waals surface area contributed by atoms with E-state index in [1.807, 2.05) is 24.4 Å². The molecule has 2 aromatic rings. The third-order valence-corrected chi connectivity index (χ3v) is 4.27. The summed E-state index contributed by atoms with van der Waals surface area (Å²) in [5.74, 6) is 7.80. The van der Waals surface area contributed by atoms with E-state index in [0.29, 0.717) is 11.5 Å². The molecule has 1 aliphatic rings. The first-order valence-electron chi connectivity index (χ1n) is 6.62. The lowest BCUT2D eigenvalue weighted by atomic mass is 10.1. The monoisotopic (exact) mass is 316 g/mol. The van der Waals surface area contributed by atoms with Gasteiger partial charge in [-0.25, -0.2) is 10.8 Å². The van der Waals surface area contributed by atoms with Gasteiger partial charge in [0.15, 0.2) is 11.5 Å². The molecule has 0 saturated heterocycles. The number of nitrogens with two attached hydrogens (primary N) is 1. The molecule has 0 unspecified atom stereocenters. The Morgan fingerprint density at radius 2 is 1.91 bits per heavy atom. The van der Waals surface area contributed by atoms with Gasteiger partial charge in [-0.15, -0.1) is 0 Å². The molecule has 6 nitrogen and oxygen atoms in total. The van der Waals surface area contributed by atoms with Gasteiger partial charge in [-0.3, -0.25) is 4.98 Å². The molecular formula is C15H16N4O2S. The van der Waals surface area contributed by atoms with Crippen LogP contribution in [0.15, 0.2) is 36.8 Å². The Morgan fingerprint density at radius 3 is 2.59 bits per heavy atom. The van der Waals surface area contributed by atoms with Gasteiger partial charge in [-0.2, -0.15) is 0 Å². The third kappa shape index (κ3) is 2.86. The fourth-order valence-corrected chi connectivity index (χ4v) is 2.95. The van der Waals surface area contributed by atoms with Crippen LogP contribution in [0.25, 0.3) is 16.2 Å². The van der Waals surface area contributed by atoms with Gasteiger partial charge in [-0.1, -0.05) is 11.8 Å². The lowest BCUT2D eigenvalue weighted by Gasteiger charge is -2.09. The van der Waals surface area contributed by atoms with Crippen LogP contribution >= 0.6 is 11.8 Å². The van der Waals surface area contributed by atoms with E-state index < -0.39 is 0 Å². The Hall–Kier alpha value is -2.25. The summed E-state index contributed by atoms with van der Waals surface area (Å²) in [4.78, 5) is 9.95. The van der Waals surface area contributed by atoms with Crippen LogP contribution in [0.2, 0.25) is 0 Å². The zero-order chi connectivity index (χ0) is 15.5. The van der Waals surface area contributed by atoms with Gasteiger partial charge in [-0.05, 0) is 18.2 Å². The lowest BCUT2D eigenvalue weighted by molar-refractivity contribution is 0.355. The second kappa shape index (κ2) is 6.25. The summed E-state index contributed by atoms with van der Waals surface area (Å²) in [5.41, 5.74) is 2.50. The van der Waals surface area contributed by atoms with Crippen molar-refractivity contribution in [1.29, 1.82) is 0 Å². The molecule has 0 bridgehead atoms. The first kappa shape index (κ1) is 14.7. The van der Waals surface area contributed by atoms with Crippen LogP contribution in [-0.2, 0) is 0 Å². The van der Waals surface area contributed by atoms with Gasteiger partial charge in [0.2, 0.25) is 0 Å². The molecule has 0 radical (unpaired) electrons. The molecule has 1 aliphatic heterocycles. The zero-order valence-corrected chi connectivity index (χ0v) is 13.1. The number of ether oxygens (including phenoxy) is 2. The number of rotatable bonds is 4. The number of aromatic nitrogens is 2. The predicted octanol–water partition coefficient (Wildman–Crippen LogP) is 2.34. The van der Waals surface area contributed by atoms with Crippen molar-refractivity contribution >= 4 is 16.7 Å². The number of methoxy groups -OCH3 is 2. The molecule has 3 rings (SSSR count). The lowest BCUT2D eigenvalue weighted by Crippen LogP contribution is -2.20. The number of nitrogens with zero attached hydrogens (tertiary/aromatic N) is 3. The predicted molar refractivity (Wildman–Crippen MR) is 87.0 cm³/mol. The average Bonchev–Trinajstić information content (AvgIpc) is 3.01. The molecule has 114 valence electrons. The average molecular weight is 316 g/mol. The first-order valence-corrected chi connectivity index (χ1v) is 7.60. The second-order valence-electron chi connectivity index (χ2n) is 4.64. The normalized spacial score (nSPS) is 14.0. The van der Waals surface area contributed by atoms with Gasteiger partial charge in [0.05, 0.1) is 48.8 Å². The minimum atomic E-state index is 0.662. The smallest absolute Gasteiger partial charge is 0.161 e.